The largest absolute Gasteiger partial charge is 0.330 e. The zero-order valence-electron chi connectivity index (χ0n) is 10.1. The molecule has 0 aliphatic rings. The molecule has 0 fully saturated rings. The fraction of sp³-hybridized carbons (Fsp3) is 0.462. The van der Waals surface area contributed by atoms with Gasteiger partial charge < -0.3 is 10.3 Å². The summed E-state index contributed by atoms with van der Waals surface area (Å²) in [6.07, 6.45) is 2.94. The molecule has 0 saturated carbocycles. The minimum Gasteiger partial charge on any atom is -0.330 e. The Kier molecular flexibility index (Phi) is 3.74. The van der Waals surface area contributed by atoms with Gasteiger partial charge in [-0.1, -0.05) is 0 Å². The zero-order chi connectivity index (χ0) is 12.3. The second-order valence-electron chi connectivity index (χ2n) is 4.15. The first-order valence-electron chi connectivity index (χ1n) is 6.11. The smallest absolute Gasteiger partial charge is 0.125 e. The van der Waals surface area contributed by atoms with Gasteiger partial charge >= 0.3 is 0 Å². The van der Waals surface area contributed by atoms with E-state index in [4.69, 9.17) is 5.73 Å². The zero-order valence-corrected chi connectivity index (χ0v) is 10.1. The fourth-order valence-electron chi connectivity index (χ4n) is 2.12. The van der Waals surface area contributed by atoms with Gasteiger partial charge in [-0.2, -0.15) is 0 Å². The number of unbranched alkanes of at least 4 members (excludes halogenated alkanes) is 1. The van der Waals surface area contributed by atoms with Gasteiger partial charge in [-0.15, -0.1) is 0 Å². The molecule has 92 valence electrons. The van der Waals surface area contributed by atoms with Crippen molar-refractivity contribution in [2.45, 2.75) is 32.7 Å². The fourth-order valence-corrected chi connectivity index (χ4v) is 2.12. The van der Waals surface area contributed by atoms with E-state index in [-0.39, 0.29) is 5.82 Å². The van der Waals surface area contributed by atoms with E-state index in [9.17, 15) is 4.39 Å². The number of aromatic nitrogens is 2. The highest BCUT2D eigenvalue weighted by Crippen LogP contribution is 2.18. The number of hydrogen-bond acceptors (Lipinski definition) is 2. The second kappa shape index (κ2) is 5.27. The Morgan fingerprint density at radius 3 is 2.88 bits per heavy atom. The van der Waals surface area contributed by atoms with Crippen LogP contribution in [0.4, 0.5) is 4.39 Å². The van der Waals surface area contributed by atoms with Crippen LogP contribution in [0.25, 0.3) is 11.0 Å². The molecule has 1 aromatic carbocycles. The quantitative estimate of drug-likeness (QED) is 0.809. The van der Waals surface area contributed by atoms with Gasteiger partial charge in [-0.05, 0) is 44.5 Å². The Balaban J connectivity index is 2.35. The van der Waals surface area contributed by atoms with Crippen LogP contribution >= 0.6 is 0 Å². The average molecular weight is 235 g/mol. The van der Waals surface area contributed by atoms with Gasteiger partial charge in [0.05, 0.1) is 11.0 Å². The van der Waals surface area contributed by atoms with Crippen molar-refractivity contribution in [3.8, 4) is 0 Å². The predicted molar refractivity (Wildman–Crippen MR) is 67.4 cm³/mol. The number of nitrogens with two attached hydrogens (primary N) is 1. The van der Waals surface area contributed by atoms with Crippen molar-refractivity contribution < 1.29 is 4.39 Å². The van der Waals surface area contributed by atoms with Crippen molar-refractivity contribution in [2.24, 2.45) is 5.73 Å². The van der Waals surface area contributed by atoms with Gasteiger partial charge in [0.2, 0.25) is 0 Å². The van der Waals surface area contributed by atoms with Crippen molar-refractivity contribution in [3.63, 3.8) is 0 Å². The van der Waals surface area contributed by atoms with Crippen LogP contribution in [0.15, 0.2) is 18.2 Å². The molecular weight excluding hydrogens is 217 g/mol. The summed E-state index contributed by atoms with van der Waals surface area (Å²) >= 11 is 0. The first-order valence-corrected chi connectivity index (χ1v) is 6.11. The molecule has 2 aromatic rings. The van der Waals surface area contributed by atoms with E-state index in [1.165, 1.54) is 6.07 Å². The lowest BCUT2D eigenvalue weighted by Gasteiger charge is -2.05. The van der Waals surface area contributed by atoms with E-state index < -0.39 is 0 Å². The Bertz CT molecular complexity index is 505. The van der Waals surface area contributed by atoms with Crippen LogP contribution in [0.1, 0.15) is 25.6 Å². The van der Waals surface area contributed by atoms with Crippen LogP contribution in [-0.4, -0.2) is 16.1 Å². The molecule has 3 nitrogen and oxygen atoms in total. The number of rotatable bonds is 5. The lowest BCUT2D eigenvalue weighted by molar-refractivity contribution is 0.626. The van der Waals surface area contributed by atoms with Gasteiger partial charge in [-0.25, -0.2) is 9.37 Å². The SMILES string of the molecule is CCn1c(CCCCN)nc2ccc(F)cc21. The van der Waals surface area contributed by atoms with Gasteiger partial charge in [-0.3, -0.25) is 0 Å². The highest BCUT2D eigenvalue weighted by atomic mass is 19.1. The molecular formula is C13H18FN3. The molecule has 2 N–H and O–H groups in total. The van der Waals surface area contributed by atoms with E-state index in [1.807, 2.05) is 0 Å². The number of benzene rings is 1. The maximum atomic E-state index is 13.2. The highest BCUT2D eigenvalue weighted by molar-refractivity contribution is 5.76. The summed E-state index contributed by atoms with van der Waals surface area (Å²) in [5.41, 5.74) is 7.24. The van der Waals surface area contributed by atoms with Crippen LogP contribution < -0.4 is 5.73 Å². The summed E-state index contributed by atoms with van der Waals surface area (Å²) in [6, 6.07) is 4.75. The molecule has 0 atom stereocenters. The van der Waals surface area contributed by atoms with E-state index in [0.29, 0.717) is 6.54 Å². The van der Waals surface area contributed by atoms with Gasteiger partial charge in [0.25, 0.3) is 0 Å². The average Bonchev–Trinajstić information content (AvgIpc) is 2.66. The Hall–Kier alpha value is -1.42. The minimum absolute atomic E-state index is 0.208. The first kappa shape index (κ1) is 12.0. The topological polar surface area (TPSA) is 43.8 Å². The number of fused-ring (bicyclic) bond motifs is 1. The lowest BCUT2D eigenvalue weighted by atomic mass is 10.2. The maximum Gasteiger partial charge on any atom is 0.125 e. The van der Waals surface area contributed by atoms with Crippen molar-refractivity contribution in [1.82, 2.24) is 9.55 Å². The number of hydrogen-bond donors (Lipinski definition) is 1. The van der Waals surface area contributed by atoms with Crippen molar-refractivity contribution in [3.05, 3.63) is 29.8 Å². The number of imidazole rings is 1. The number of halogens is 1. The van der Waals surface area contributed by atoms with Crippen LogP contribution in [-0.2, 0) is 13.0 Å². The second-order valence-corrected chi connectivity index (χ2v) is 4.15. The Morgan fingerprint density at radius 2 is 2.18 bits per heavy atom. The van der Waals surface area contributed by atoms with E-state index >= 15 is 0 Å². The molecule has 1 heterocycles. The third kappa shape index (κ3) is 2.47. The molecule has 0 amide bonds. The molecule has 0 spiro atoms. The van der Waals surface area contributed by atoms with Crippen molar-refractivity contribution in [1.29, 1.82) is 0 Å². The monoisotopic (exact) mass is 235 g/mol. The Morgan fingerprint density at radius 1 is 1.35 bits per heavy atom. The molecule has 0 saturated heterocycles. The van der Waals surface area contributed by atoms with E-state index in [2.05, 4.69) is 16.5 Å². The Labute approximate surface area is 100 Å². The molecule has 2 rings (SSSR count). The third-order valence-electron chi connectivity index (χ3n) is 2.96. The van der Waals surface area contributed by atoms with Crippen LogP contribution in [0.3, 0.4) is 0 Å². The minimum atomic E-state index is -0.208. The highest BCUT2D eigenvalue weighted by Gasteiger charge is 2.09. The van der Waals surface area contributed by atoms with Gasteiger partial charge in [0.1, 0.15) is 11.6 Å². The van der Waals surface area contributed by atoms with Gasteiger partial charge in [0, 0.05) is 13.0 Å². The summed E-state index contributed by atoms with van der Waals surface area (Å²) < 4.78 is 15.3. The van der Waals surface area contributed by atoms with E-state index in [1.54, 1.807) is 12.1 Å². The molecule has 0 aliphatic carbocycles. The normalized spacial score (nSPS) is 11.2. The summed E-state index contributed by atoms with van der Waals surface area (Å²) in [5.74, 6) is 0.821. The number of aryl methyl sites for hydroxylation is 2. The van der Waals surface area contributed by atoms with Crippen molar-refractivity contribution >= 4 is 11.0 Å². The summed E-state index contributed by atoms with van der Waals surface area (Å²) in [6.45, 7) is 3.58. The predicted octanol–water partition coefficient (Wildman–Crippen LogP) is 2.48. The summed E-state index contributed by atoms with van der Waals surface area (Å²) in [5, 5.41) is 0. The van der Waals surface area contributed by atoms with E-state index in [0.717, 1.165) is 42.7 Å². The van der Waals surface area contributed by atoms with Crippen molar-refractivity contribution in [2.75, 3.05) is 6.54 Å². The standard InChI is InChI=1S/C13H18FN3/c1-2-17-12-9-10(14)6-7-11(12)16-13(17)5-3-4-8-15/h6-7,9H,2-5,8,15H2,1H3. The van der Waals surface area contributed by atoms with Crippen LogP contribution in [0.2, 0.25) is 0 Å². The maximum absolute atomic E-state index is 13.2. The molecule has 0 aliphatic heterocycles. The summed E-state index contributed by atoms with van der Waals surface area (Å²) in [7, 11) is 0. The third-order valence-corrected chi connectivity index (χ3v) is 2.96. The van der Waals surface area contributed by atoms with Crippen LogP contribution in [0, 0.1) is 5.82 Å². The number of nitrogens with zero attached hydrogens (tertiary/aromatic N) is 2. The van der Waals surface area contributed by atoms with Gasteiger partial charge in [0.15, 0.2) is 0 Å². The summed E-state index contributed by atoms with van der Waals surface area (Å²) in [4.78, 5) is 4.55. The molecule has 4 heteroatoms. The molecule has 17 heavy (non-hydrogen) atoms. The molecule has 1 aromatic heterocycles. The lowest BCUT2D eigenvalue weighted by Crippen LogP contribution is -2.04. The molecule has 0 radical (unpaired) electrons. The first-order chi connectivity index (χ1) is 8.26. The molecule has 0 unspecified atom stereocenters. The molecule has 0 bridgehead atoms. The van der Waals surface area contributed by atoms with Crippen LogP contribution in [0.5, 0.6) is 0 Å².